The summed E-state index contributed by atoms with van der Waals surface area (Å²) in [5, 5.41) is 8.96. The van der Waals surface area contributed by atoms with E-state index in [1.807, 2.05) is 45.0 Å². The number of fused-ring (bicyclic) bond motifs is 1. The van der Waals surface area contributed by atoms with E-state index < -0.39 is 10.0 Å². The van der Waals surface area contributed by atoms with Crippen LogP contribution in [0.25, 0.3) is 0 Å². The van der Waals surface area contributed by atoms with Gasteiger partial charge in [-0.2, -0.15) is 13.5 Å². The molecule has 1 aliphatic rings. The van der Waals surface area contributed by atoms with Gasteiger partial charge in [-0.05, 0) is 64.4 Å². The zero-order chi connectivity index (χ0) is 24.9. The Morgan fingerprint density at radius 3 is 2.32 bits per heavy atom. The number of benzene rings is 2. The molecule has 0 spiro atoms. The highest BCUT2D eigenvalue weighted by molar-refractivity contribution is 7.90. The lowest BCUT2D eigenvalue weighted by Gasteiger charge is -2.23. The molecule has 1 heterocycles. The van der Waals surface area contributed by atoms with Gasteiger partial charge in [-0.3, -0.25) is 4.79 Å². The first-order chi connectivity index (χ1) is 16.0. The summed E-state index contributed by atoms with van der Waals surface area (Å²) in [6.45, 7) is 12.0. The fourth-order valence-corrected chi connectivity index (χ4v) is 4.88. The summed E-state index contributed by atoms with van der Waals surface area (Å²) in [4.78, 5) is 14.8. The van der Waals surface area contributed by atoms with Gasteiger partial charge >= 0.3 is 0 Å². The molecule has 182 valence electrons. The monoisotopic (exact) mass is 483 g/mol. The van der Waals surface area contributed by atoms with Gasteiger partial charge in [0.1, 0.15) is 4.90 Å². The summed E-state index contributed by atoms with van der Waals surface area (Å²) in [6.07, 6.45) is 1.79. The minimum Gasteiger partial charge on any atom is -0.372 e. The Hall–Kier alpha value is -3.20. The number of anilines is 1. The second-order valence-electron chi connectivity index (χ2n) is 9.07. The summed E-state index contributed by atoms with van der Waals surface area (Å²) in [5.74, 6) is 0.0705. The normalized spacial score (nSPS) is 14.6. The molecule has 9 heteroatoms. The molecular formula is C25H33N5O3S. The summed E-state index contributed by atoms with van der Waals surface area (Å²) in [7, 11) is -3.80. The van der Waals surface area contributed by atoms with Crippen LogP contribution in [-0.4, -0.2) is 56.6 Å². The molecule has 0 saturated carbocycles. The molecule has 34 heavy (non-hydrogen) atoms. The SMILES string of the molecule is CCN(CC)c1ccc(/C=N/N(CCC(=O)NC(C)(C)C)C2=NS(=O)(=O)c3ccccc32)cc1. The number of hydrazone groups is 1. The minimum atomic E-state index is -3.80. The van der Waals surface area contributed by atoms with Gasteiger partial charge in [-0.25, -0.2) is 5.01 Å². The minimum absolute atomic E-state index is 0.136. The smallest absolute Gasteiger partial charge is 0.285 e. The third-order valence-electron chi connectivity index (χ3n) is 5.29. The van der Waals surface area contributed by atoms with Crippen molar-refractivity contribution < 1.29 is 13.2 Å². The Morgan fingerprint density at radius 1 is 1.06 bits per heavy atom. The van der Waals surface area contributed by atoms with Crippen molar-refractivity contribution in [2.24, 2.45) is 9.50 Å². The van der Waals surface area contributed by atoms with Crippen LogP contribution in [-0.2, 0) is 14.8 Å². The summed E-state index contributed by atoms with van der Waals surface area (Å²) in [5.41, 5.74) is 2.10. The van der Waals surface area contributed by atoms with E-state index in [1.165, 1.54) is 11.1 Å². The fraction of sp³-hybridized carbons (Fsp3) is 0.400. The molecule has 0 radical (unpaired) electrons. The highest BCUT2D eigenvalue weighted by Crippen LogP contribution is 2.27. The fourth-order valence-electron chi connectivity index (χ4n) is 3.68. The highest BCUT2D eigenvalue weighted by atomic mass is 32.2. The molecule has 3 rings (SSSR count). The van der Waals surface area contributed by atoms with E-state index in [0.717, 1.165) is 24.3 Å². The second-order valence-corrected chi connectivity index (χ2v) is 10.6. The Labute approximate surface area is 202 Å². The molecule has 0 aromatic heterocycles. The number of sulfonamides is 1. The van der Waals surface area contributed by atoms with Crippen molar-refractivity contribution in [3.05, 3.63) is 59.7 Å². The number of carbonyl (C=O) groups is 1. The first kappa shape index (κ1) is 25.4. The van der Waals surface area contributed by atoms with Crippen molar-refractivity contribution in [2.75, 3.05) is 24.5 Å². The number of hydrogen-bond acceptors (Lipinski definition) is 6. The van der Waals surface area contributed by atoms with Crippen molar-refractivity contribution in [3.8, 4) is 0 Å². The van der Waals surface area contributed by atoms with E-state index in [0.29, 0.717) is 5.56 Å². The zero-order valence-corrected chi connectivity index (χ0v) is 21.3. The molecule has 0 saturated heterocycles. The van der Waals surface area contributed by atoms with Crippen LogP contribution < -0.4 is 10.2 Å². The Bertz CT molecular complexity index is 1180. The second kappa shape index (κ2) is 10.4. The van der Waals surface area contributed by atoms with Gasteiger partial charge in [0.05, 0.1) is 12.8 Å². The molecule has 0 aliphatic carbocycles. The van der Waals surface area contributed by atoms with Crippen molar-refractivity contribution in [3.63, 3.8) is 0 Å². The van der Waals surface area contributed by atoms with Crippen LogP contribution in [0.3, 0.4) is 0 Å². The van der Waals surface area contributed by atoms with Crippen molar-refractivity contribution in [1.82, 2.24) is 10.3 Å². The topological polar surface area (TPSA) is 94.4 Å². The largest absolute Gasteiger partial charge is 0.372 e. The van der Waals surface area contributed by atoms with Gasteiger partial charge in [0.15, 0.2) is 5.84 Å². The number of amidine groups is 1. The molecule has 2 aromatic carbocycles. The van der Waals surface area contributed by atoms with E-state index in [1.54, 1.807) is 24.4 Å². The lowest BCUT2D eigenvalue weighted by Crippen LogP contribution is -2.42. The number of nitrogens with one attached hydrogen (secondary N) is 1. The van der Waals surface area contributed by atoms with Crippen LogP contribution >= 0.6 is 0 Å². The van der Waals surface area contributed by atoms with Crippen LogP contribution in [0, 0.1) is 0 Å². The molecule has 0 fully saturated rings. The number of hydrogen-bond donors (Lipinski definition) is 1. The number of amides is 1. The van der Waals surface area contributed by atoms with Crippen molar-refractivity contribution >= 4 is 33.7 Å². The lowest BCUT2D eigenvalue weighted by molar-refractivity contribution is -0.122. The van der Waals surface area contributed by atoms with Crippen LogP contribution in [0.4, 0.5) is 5.69 Å². The first-order valence-electron chi connectivity index (χ1n) is 11.5. The quantitative estimate of drug-likeness (QED) is 0.457. The standard InChI is InChI=1S/C25H33N5O3S/c1-6-29(7-2)20-14-12-19(13-15-20)18-26-30(17-16-23(31)27-25(3,4)5)24-21-10-8-9-11-22(21)34(32,33)28-24/h8-15,18H,6-7,16-17H2,1-5H3,(H,27,31)/b26-18+. The van der Waals surface area contributed by atoms with E-state index in [-0.39, 0.29) is 35.1 Å². The molecule has 0 bridgehead atoms. The van der Waals surface area contributed by atoms with E-state index >= 15 is 0 Å². The zero-order valence-electron chi connectivity index (χ0n) is 20.4. The van der Waals surface area contributed by atoms with Crippen LogP contribution in [0.1, 0.15) is 52.2 Å². The predicted molar refractivity (Wildman–Crippen MR) is 137 cm³/mol. The summed E-state index contributed by atoms with van der Waals surface area (Å²) in [6, 6.07) is 14.6. The predicted octanol–water partition coefficient (Wildman–Crippen LogP) is 3.62. The summed E-state index contributed by atoms with van der Waals surface area (Å²) < 4.78 is 29.1. The Kier molecular flexibility index (Phi) is 7.76. The Balaban J connectivity index is 1.88. The third kappa shape index (κ3) is 6.22. The van der Waals surface area contributed by atoms with Gasteiger partial charge in [0.25, 0.3) is 10.0 Å². The Morgan fingerprint density at radius 2 is 1.71 bits per heavy atom. The molecule has 1 amide bonds. The molecule has 0 atom stereocenters. The van der Waals surface area contributed by atoms with Crippen LogP contribution in [0.2, 0.25) is 0 Å². The van der Waals surface area contributed by atoms with Crippen LogP contribution in [0.5, 0.6) is 0 Å². The lowest BCUT2D eigenvalue weighted by atomic mass is 10.1. The number of nitrogens with zero attached hydrogens (tertiary/aromatic N) is 4. The van der Waals surface area contributed by atoms with Crippen LogP contribution in [0.15, 0.2) is 62.9 Å². The highest BCUT2D eigenvalue weighted by Gasteiger charge is 2.32. The van der Waals surface area contributed by atoms with Crippen molar-refractivity contribution in [2.45, 2.75) is 51.5 Å². The van der Waals surface area contributed by atoms with Gasteiger partial charge in [-0.15, -0.1) is 4.40 Å². The maximum atomic E-state index is 12.6. The average Bonchev–Trinajstić information content (AvgIpc) is 3.05. The number of rotatable bonds is 8. The van der Waals surface area contributed by atoms with E-state index in [2.05, 4.69) is 33.6 Å². The molecule has 0 unspecified atom stereocenters. The van der Waals surface area contributed by atoms with Gasteiger partial charge in [0, 0.05) is 36.3 Å². The first-order valence-corrected chi connectivity index (χ1v) is 12.9. The molecule has 2 aromatic rings. The van der Waals surface area contributed by atoms with Crippen molar-refractivity contribution in [1.29, 1.82) is 0 Å². The van der Waals surface area contributed by atoms with Gasteiger partial charge in [-0.1, -0.05) is 24.3 Å². The summed E-state index contributed by atoms with van der Waals surface area (Å²) >= 11 is 0. The third-order valence-corrected chi connectivity index (χ3v) is 6.62. The van der Waals surface area contributed by atoms with Gasteiger partial charge in [0.2, 0.25) is 5.91 Å². The van der Waals surface area contributed by atoms with E-state index in [9.17, 15) is 13.2 Å². The maximum absolute atomic E-state index is 12.6. The number of carbonyl (C=O) groups excluding carboxylic acids is 1. The molecule has 8 nitrogen and oxygen atoms in total. The van der Waals surface area contributed by atoms with E-state index in [4.69, 9.17) is 0 Å². The molecule has 1 N–H and O–H groups in total. The van der Waals surface area contributed by atoms with Gasteiger partial charge < -0.3 is 10.2 Å². The maximum Gasteiger partial charge on any atom is 0.285 e. The molecule has 1 aliphatic heterocycles. The average molecular weight is 484 g/mol. The molecular weight excluding hydrogens is 450 g/mol.